The van der Waals surface area contributed by atoms with Crippen molar-refractivity contribution < 1.29 is 0 Å². The molecule has 1 aliphatic rings. The molecule has 0 amide bonds. The summed E-state index contributed by atoms with van der Waals surface area (Å²) in [6.07, 6.45) is 7.16. The molecular formula is C14H24. The molecule has 0 aromatic heterocycles. The van der Waals surface area contributed by atoms with E-state index in [1.165, 1.54) is 12.0 Å². The van der Waals surface area contributed by atoms with E-state index in [-0.39, 0.29) is 0 Å². The van der Waals surface area contributed by atoms with E-state index < -0.39 is 0 Å². The van der Waals surface area contributed by atoms with E-state index >= 15 is 0 Å². The van der Waals surface area contributed by atoms with Crippen molar-refractivity contribution in [2.24, 2.45) is 10.8 Å². The highest BCUT2D eigenvalue weighted by Crippen LogP contribution is 2.49. The average molecular weight is 192 g/mol. The van der Waals surface area contributed by atoms with Gasteiger partial charge in [-0.3, -0.25) is 0 Å². The van der Waals surface area contributed by atoms with E-state index in [0.717, 1.165) is 6.42 Å². The van der Waals surface area contributed by atoms with E-state index in [1.807, 2.05) is 0 Å². The van der Waals surface area contributed by atoms with E-state index in [1.54, 1.807) is 5.57 Å². The topological polar surface area (TPSA) is 0 Å². The number of hydrogen-bond acceptors (Lipinski definition) is 0. The van der Waals surface area contributed by atoms with Gasteiger partial charge in [0.1, 0.15) is 0 Å². The van der Waals surface area contributed by atoms with Crippen molar-refractivity contribution in [2.75, 3.05) is 0 Å². The molecule has 0 aromatic carbocycles. The SMILES string of the molecule is CCC(C)(C1=CCC(C)=C1)C(C)(C)C. The molecule has 0 aromatic rings. The van der Waals surface area contributed by atoms with Gasteiger partial charge in [-0.1, -0.05) is 52.3 Å². The summed E-state index contributed by atoms with van der Waals surface area (Å²) in [7, 11) is 0. The summed E-state index contributed by atoms with van der Waals surface area (Å²) in [5.41, 5.74) is 3.72. The van der Waals surface area contributed by atoms with E-state index in [2.05, 4.69) is 53.7 Å². The van der Waals surface area contributed by atoms with Crippen molar-refractivity contribution in [3.05, 3.63) is 23.3 Å². The standard InChI is InChI=1S/C14H24/c1-7-14(6,13(3,4)5)12-9-8-11(2)10-12/h9-10H,7-8H2,1-6H3. The van der Waals surface area contributed by atoms with Crippen LogP contribution in [0.5, 0.6) is 0 Å². The largest absolute Gasteiger partial charge is 0.0767 e. The highest BCUT2D eigenvalue weighted by Gasteiger charge is 2.38. The molecule has 80 valence electrons. The average Bonchev–Trinajstić information content (AvgIpc) is 2.48. The molecule has 14 heavy (non-hydrogen) atoms. The molecule has 0 bridgehead atoms. The predicted molar refractivity (Wildman–Crippen MR) is 64.3 cm³/mol. The van der Waals surface area contributed by atoms with Gasteiger partial charge in [-0.05, 0) is 36.2 Å². The Balaban J connectivity index is 3.03. The first-order chi connectivity index (χ1) is 6.31. The van der Waals surface area contributed by atoms with Gasteiger partial charge >= 0.3 is 0 Å². The van der Waals surface area contributed by atoms with Gasteiger partial charge in [-0.2, -0.15) is 0 Å². The molecule has 0 spiro atoms. The normalized spacial score (nSPS) is 21.6. The van der Waals surface area contributed by atoms with Gasteiger partial charge in [0, 0.05) is 0 Å². The second-order valence-electron chi connectivity index (χ2n) is 5.79. The summed E-state index contributed by atoms with van der Waals surface area (Å²) < 4.78 is 0. The molecular weight excluding hydrogens is 168 g/mol. The van der Waals surface area contributed by atoms with Crippen molar-refractivity contribution >= 4 is 0 Å². The lowest BCUT2D eigenvalue weighted by molar-refractivity contribution is 0.152. The Hall–Kier alpha value is -0.520. The van der Waals surface area contributed by atoms with E-state index in [9.17, 15) is 0 Å². The van der Waals surface area contributed by atoms with Crippen molar-refractivity contribution in [3.63, 3.8) is 0 Å². The minimum atomic E-state index is 0.324. The maximum atomic E-state index is 2.41. The molecule has 0 aliphatic heterocycles. The van der Waals surface area contributed by atoms with Gasteiger partial charge in [0.15, 0.2) is 0 Å². The minimum absolute atomic E-state index is 0.324. The van der Waals surface area contributed by atoms with Crippen LogP contribution in [0.3, 0.4) is 0 Å². The Bertz CT molecular complexity index is 273. The van der Waals surface area contributed by atoms with Crippen molar-refractivity contribution in [1.29, 1.82) is 0 Å². The minimum Gasteiger partial charge on any atom is -0.0767 e. The Labute approximate surface area is 89.1 Å². The summed E-state index contributed by atoms with van der Waals surface area (Å²) in [6.45, 7) is 14.0. The van der Waals surface area contributed by atoms with Crippen LogP contribution >= 0.6 is 0 Å². The van der Waals surface area contributed by atoms with Crippen LogP contribution in [0.15, 0.2) is 23.3 Å². The zero-order valence-electron chi connectivity index (χ0n) is 10.6. The third-order valence-electron chi connectivity index (χ3n) is 4.05. The zero-order chi connectivity index (χ0) is 11.0. The smallest absolute Gasteiger partial charge is 0.00325 e. The molecule has 0 N–H and O–H groups in total. The number of allylic oxidation sites excluding steroid dienone is 4. The van der Waals surface area contributed by atoms with Crippen LogP contribution in [-0.2, 0) is 0 Å². The fourth-order valence-electron chi connectivity index (χ4n) is 2.21. The van der Waals surface area contributed by atoms with Crippen LogP contribution in [0.1, 0.15) is 54.4 Å². The van der Waals surface area contributed by atoms with Gasteiger partial charge in [-0.25, -0.2) is 0 Å². The predicted octanol–water partition coefficient (Wildman–Crippen LogP) is 4.73. The molecule has 0 fully saturated rings. The molecule has 1 atom stereocenters. The van der Waals surface area contributed by atoms with Gasteiger partial charge in [0.25, 0.3) is 0 Å². The van der Waals surface area contributed by atoms with Crippen molar-refractivity contribution in [2.45, 2.75) is 54.4 Å². The molecule has 0 nitrogen and oxygen atoms in total. The van der Waals surface area contributed by atoms with Crippen molar-refractivity contribution in [3.8, 4) is 0 Å². The highest BCUT2D eigenvalue weighted by atomic mass is 14.4. The second kappa shape index (κ2) is 3.56. The number of rotatable bonds is 2. The zero-order valence-corrected chi connectivity index (χ0v) is 10.6. The molecule has 1 rings (SSSR count). The van der Waals surface area contributed by atoms with Gasteiger partial charge in [0.05, 0.1) is 0 Å². The van der Waals surface area contributed by atoms with Crippen LogP contribution in [0.25, 0.3) is 0 Å². The first kappa shape index (κ1) is 11.6. The van der Waals surface area contributed by atoms with Crippen LogP contribution in [0, 0.1) is 10.8 Å². The highest BCUT2D eigenvalue weighted by molar-refractivity contribution is 5.37. The second-order valence-corrected chi connectivity index (χ2v) is 5.79. The Morgan fingerprint density at radius 3 is 2.07 bits per heavy atom. The monoisotopic (exact) mass is 192 g/mol. The Morgan fingerprint density at radius 2 is 1.79 bits per heavy atom. The quantitative estimate of drug-likeness (QED) is 0.593. The third kappa shape index (κ3) is 1.80. The fraction of sp³-hybridized carbons (Fsp3) is 0.714. The third-order valence-corrected chi connectivity index (χ3v) is 4.05. The van der Waals surface area contributed by atoms with Crippen LogP contribution in [0.4, 0.5) is 0 Å². The summed E-state index contributed by atoms with van der Waals surface area (Å²) in [4.78, 5) is 0. The number of hydrogen-bond donors (Lipinski definition) is 0. The van der Waals surface area contributed by atoms with Gasteiger partial charge in [0.2, 0.25) is 0 Å². The summed E-state index contributed by atoms with van der Waals surface area (Å²) in [6, 6.07) is 0. The van der Waals surface area contributed by atoms with Gasteiger partial charge in [-0.15, -0.1) is 0 Å². The maximum Gasteiger partial charge on any atom is -0.00325 e. The molecule has 0 saturated heterocycles. The lowest BCUT2D eigenvalue weighted by Gasteiger charge is -2.42. The Morgan fingerprint density at radius 1 is 1.21 bits per heavy atom. The lowest BCUT2D eigenvalue weighted by Crippen LogP contribution is -2.33. The first-order valence-electron chi connectivity index (χ1n) is 5.69. The Kier molecular flexibility index (Phi) is 2.94. The summed E-state index contributed by atoms with van der Waals surface area (Å²) >= 11 is 0. The summed E-state index contributed by atoms with van der Waals surface area (Å²) in [5, 5.41) is 0. The molecule has 1 aliphatic carbocycles. The van der Waals surface area contributed by atoms with E-state index in [4.69, 9.17) is 0 Å². The molecule has 0 saturated carbocycles. The van der Waals surface area contributed by atoms with E-state index in [0.29, 0.717) is 10.8 Å². The van der Waals surface area contributed by atoms with Crippen LogP contribution in [-0.4, -0.2) is 0 Å². The van der Waals surface area contributed by atoms with Gasteiger partial charge < -0.3 is 0 Å². The van der Waals surface area contributed by atoms with Crippen LogP contribution in [0.2, 0.25) is 0 Å². The first-order valence-corrected chi connectivity index (χ1v) is 5.69. The lowest BCUT2D eigenvalue weighted by atomic mass is 9.62. The maximum absolute atomic E-state index is 2.41. The van der Waals surface area contributed by atoms with Crippen LogP contribution < -0.4 is 0 Å². The summed E-state index contributed by atoms with van der Waals surface area (Å²) in [5.74, 6) is 0. The molecule has 0 heterocycles. The molecule has 1 unspecified atom stereocenters. The van der Waals surface area contributed by atoms with Crippen molar-refractivity contribution in [1.82, 2.24) is 0 Å². The molecule has 0 radical (unpaired) electrons. The molecule has 0 heteroatoms. The fourth-order valence-corrected chi connectivity index (χ4v) is 2.21.